The molecule has 2 aromatic carbocycles. The van der Waals surface area contributed by atoms with Gasteiger partial charge >= 0.3 is 0 Å². The molecule has 2 N–H and O–H groups in total. The summed E-state index contributed by atoms with van der Waals surface area (Å²) in [6, 6.07) is 18.6. The zero-order valence-electron chi connectivity index (χ0n) is 15.3. The number of aromatic nitrogens is 2. The van der Waals surface area contributed by atoms with E-state index < -0.39 is 0 Å². The van der Waals surface area contributed by atoms with E-state index in [4.69, 9.17) is 0 Å². The van der Waals surface area contributed by atoms with Crippen LogP contribution in [0, 0.1) is 0 Å². The summed E-state index contributed by atoms with van der Waals surface area (Å²) >= 11 is 4.58. The second-order valence-corrected chi connectivity index (χ2v) is 10.1. The monoisotopic (exact) mass is 428 g/mol. The Morgan fingerprint density at radius 3 is 2.64 bits per heavy atom. The number of para-hydroxylation sites is 1. The molecule has 1 aliphatic rings. The predicted octanol–water partition coefficient (Wildman–Crippen LogP) is 5.38. The number of hydrogen-bond acceptors (Lipinski definition) is 7. The van der Waals surface area contributed by atoms with Gasteiger partial charge in [0.05, 0.1) is 10.9 Å². The first-order valence-corrected chi connectivity index (χ1v) is 11.6. The average molecular weight is 429 g/mol. The Morgan fingerprint density at radius 2 is 1.86 bits per heavy atom. The van der Waals surface area contributed by atoms with E-state index in [9.17, 15) is 4.79 Å². The summed E-state index contributed by atoms with van der Waals surface area (Å²) in [6.45, 7) is 1.89. The Morgan fingerprint density at radius 1 is 1.11 bits per heavy atom. The molecular weight excluding hydrogens is 408 g/mol. The fourth-order valence-corrected chi connectivity index (χ4v) is 5.33. The highest BCUT2D eigenvalue weighted by atomic mass is 32.2. The molecule has 5 nitrogen and oxygen atoms in total. The van der Waals surface area contributed by atoms with Crippen LogP contribution in [0.4, 0.5) is 10.8 Å². The number of amides is 1. The Kier molecular flexibility index (Phi) is 6.19. The van der Waals surface area contributed by atoms with Gasteiger partial charge < -0.3 is 10.6 Å². The Bertz CT molecular complexity index is 943. The minimum Gasteiger partial charge on any atom is -0.357 e. The van der Waals surface area contributed by atoms with E-state index in [1.165, 1.54) is 35.9 Å². The topological polar surface area (TPSA) is 66.9 Å². The van der Waals surface area contributed by atoms with Crippen molar-refractivity contribution in [1.82, 2.24) is 10.2 Å². The van der Waals surface area contributed by atoms with Gasteiger partial charge in [0.15, 0.2) is 4.34 Å². The lowest BCUT2D eigenvalue weighted by Gasteiger charge is -2.13. The summed E-state index contributed by atoms with van der Waals surface area (Å²) in [5, 5.41) is 15.3. The van der Waals surface area contributed by atoms with Crippen LogP contribution < -0.4 is 10.6 Å². The first-order chi connectivity index (χ1) is 13.7. The summed E-state index contributed by atoms with van der Waals surface area (Å²) in [7, 11) is 0. The Balaban J connectivity index is 1.38. The van der Waals surface area contributed by atoms with Gasteiger partial charge in [-0.3, -0.25) is 4.79 Å². The molecule has 0 saturated heterocycles. The molecule has 1 amide bonds. The van der Waals surface area contributed by atoms with E-state index in [-0.39, 0.29) is 11.2 Å². The number of carbonyl (C=O) groups excluding carboxylic acids is 1. The number of benzene rings is 2. The number of nitrogens with zero attached hydrogens (tertiary/aromatic N) is 2. The van der Waals surface area contributed by atoms with Crippen LogP contribution in [0.3, 0.4) is 0 Å². The van der Waals surface area contributed by atoms with Crippen LogP contribution in [0.15, 0.2) is 68.7 Å². The van der Waals surface area contributed by atoms with Crippen molar-refractivity contribution in [2.24, 2.45) is 0 Å². The van der Waals surface area contributed by atoms with E-state index in [1.807, 2.05) is 49.4 Å². The maximum absolute atomic E-state index is 12.7. The number of rotatable bonds is 8. The third kappa shape index (κ3) is 5.27. The highest BCUT2D eigenvalue weighted by Gasteiger charge is 2.23. The molecule has 1 aromatic heterocycles. The van der Waals surface area contributed by atoms with Crippen molar-refractivity contribution in [3.63, 3.8) is 0 Å². The van der Waals surface area contributed by atoms with E-state index in [1.54, 1.807) is 11.8 Å². The van der Waals surface area contributed by atoms with Crippen molar-refractivity contribution in [2.45, 2.75) is 45.2 Å². The molecule has 1 atom stereocenters. The lowest BCUT2D eigenvalue weighted by atomic mass is 10.3. The predicted molar refractivity (Wildman–Crippen MR) is 118 cm³/mol. The van der Waals surface area contributed by atoms with Gasteiger partial charge in [0, 0.05) is 15.8 Å². The number of carbonyl (C=O) groups is 1. The van der Waals surface area contributed by atoms with Crippen LogP contribution >= 0.6 is 34.9 Å². The van der Waals surface area contributed by atoms with Gasteiger partial charge in [-0.25, -0.2) is 0 Å². The molecule has 0 aliphatic heterocycles. The molecule has 1 fully saturated rings. The van der Waals surface area contributed by atoms with Gasteiger partial charge in [0.1, 0.15) is 0 Å². The average Bonchev–Trinajstić information content (AvgIpc) is 3.41. The maximum atomic E-state index is 12.7. The highest BCUT2D eigenvalue weighted by Crippen LogP contribution is 2.35. The third-order valence-corrected chi connectivity index (χ3v) is 7.20. The molecule has 1 unspecified atom stereocenters. The van der Waals surface area contributed by atoms with Gasteiger partial charge in [-0.05, 0) is 44.0 Å². The molecule has 144 valence electrons. The molecular formula is C20H20N4OS3. The first kappa shape index (κ1) is 19.3. The van der Waals surface area contributed by atoms with Crippen LogP contribution in [0.2, 0.25) is 0 Å². The molecule has 0 spiro atoms. The lowest BCUT2D eigenvalue weighted by Crippen LogP contribution is -2.22. The summed E-state index contributed by atoms with van der Waals surface area (Å²) < 4.78 is 0.803. The van der Waals surface area contributed by atoms with Crippen LogP contribution in [-0.2, 0) is 4.79 Å². The van der Waals surface area contributed by atoms with Crippen LogP contribution in [-0.4, -0.2) is 27.4 Å². The molecule has 1 saturated carbocycles. The molecule has 3 aromatic rings. The van der Waals surface area contributed by atoms with E-state index in [2.05, 4.69) is 33.0 Å². The molecule has 8 heteroatoms. The van der Waals surface area contributed by atoms with Crippen LogP contribution in [0.5, 0.6) is 0 Å². The fraction of sp³-hybridized carbons (Fsp3) is 0.250. The third-order valence-electron chi connectivity index (χ3n) is 4.07. The number of anilines is 2. The molecule has 0 radical (unpaired) electrons. The van der Waals surface area contributed by atoms with Gasteiger partial charge in [-0.2, -0.15) is 0 Å². The molecule has 1 heterocycles. The van der Waals surface area contributed by atoms with Crippen molar-refractivity contribution in [3.8, 4) is 0 Å². The first-order valence-electron chi connectivity index (χ1n) is 9.07. The zero-order valence-corrected chi connectivity index (χ0v) is 17.7. The van der Waals surface area contributed by atoms with Gasteiger partial charge in [0.2, 0.25) is 11.0 Å². The Labute approximate surface area is 176 Å². The lowest BCUT2D eigenvalue weighted by molar-refractivity contribution is -0.115. The van der Waals surface area contributed by atoms with E-state index in [0.717, 1.165) is 24.9 Å². The summed E-state index contributed by atoms with van der Waals surface area (Å²) in [6.07, 6.45) is 2.39. The van der Waals surface area contributed by atoms with Crippen molar-refractivity contribution in [1.29, 1.82) is 0 Å². The summed E-state index contributed by atoms with van der Waals surface area (Å²) in [4.78, 5) is 14.9. The summed E-state index contributed by atoms with van der Waals surface area (Å²) in [5.41, 5.74) is 0.821. The zero-order chi connectivity index (χ0) is 19.3. The van der Waals surface area contributed by atoms with E-state index in [0.29, 0.717) is 6.04 Å². The van der Waals surface area contributed by atoms with Crippen molar-refractivity contribution in [3.05, 3.63) is 54.6 Å². The Hall–Kier alpha value is -2.03. The molecule has 0 bridgehead atoms. The van der Waals surface area contributed by atoms with Gasteiger partial charge in [-0.1, -0.05) is 65.2 Å². The number of nitrogens with one attached hydrogen (secondary N) is 2. The molecule has 28 heavy (non-hydrogen) atoms. The van der Waals surface area contributed by atoms with Gasteiger partial charge in [-0.15, -0.1) is 10.2 Å². The quantitative estimate of drug-likeness (QED) is 0.469. The highest BCUT2D eigenvalue weighted by molar-refractivity contribution is 8.02. The molecule has 4 rings (SSSR count). The second-order valence-electron chi connectivity index (χ2n) is 6.45. The fourth-order valence-electron chi connectivity index (χ4n) is 2.43. The maximum Gasteiger partial charge on any atom is 0.237 e. The largest absolute Gasteiger partial charge is 0.357 e. The normalized spacial score (nSPS) is 14.5. The SMILES string of the molecule is CC(Sc1nnc(NC2CC2)s1)C(=O)Nc1ccccc1Sc1ccccc1. The van der Waals surface area contributed by atoms with Crippen LogP contribution in [0.1, 0.15) is 19.8 Å². The number of hydrogen-bond donors (Lipinski definition) is 2. The van der Waals surface area contributed by atoms with Gasteiger partial charge in [0.25, 0.3) is 0 Å². The minimum atomic E-state index is -0.267. The number of thioether (sulfide) groups is 1. The minimum absolute atomic E-state index is 0.0435. The smallest absolute Gasteiger partial charge is 0.237 e. The van der Waals surface area contributed by atoms with Crippen molar-refractivity contribution < 1.29 is 4.79 Å². The van der Waals surface area contributed by atoms with Crippen LogP contribution in [0.25, 0.3) is 0 Å². The van der Waals surface area contributed by atoms with Crippen molar-refractivity contribution in [2.75, 3.05) is 10.6 Å². The summed E-state index contributed by atoms with van der Waals surface area (Å²) in [5.74, 6) is -0.0435. The second kappa shape index (κ2) is 8.98. The van der Waals surface area contributed by atoms with E-state index >= 15 is 0 Å². The molecule has 1 aliphatic carbocycles. The standard InChI is InChI=1S/C20H20N4OS3/c1-13(26-20-24-23-19(28-20)21-14-11-12-14)18(25)22-16-9-5-6-10-17(16)27-15-7-3-2-4-8-15/h2-10,13-14H,11-12H2,1H3,(H,21,23)(H,22,25). The van der Waals surface area contributed by atoms with Crippen molar-refractivity contribution >= 4 is 51.6 Å².